The van der Waals surface area contributed by atoms with Crippen LogP contribution in [0.5, 0.6) is 5.75 Å². The zero-order chi connectivity index (χ0) is 11.7. The molecule has 0 saturated heterocycles. The molecule has 17 heavy (non-hydrogen) atoms. The molecule has 1 fully saturated rings. The number of fused-ring (bicyclic) bond motifs is 1. The highest BCUT2D eigenvalue weighted by Gasteiger charge is 2.29. The van der Waals surface area contributed by atoms with Crippen molar-refractivity contribution in [2.24, 2.45) is 5.92 Å². The fourth-order valence-corrected chi connectivity index (χ4v) is 2.72. The normalized spacial score (nSPS) is 24.9. The third-order valence-corrected chi connectivity index (χ3v) is 4.10. The van der Waals surface area contributed by atoms with Crippen LogP contribution in [0.1, 0.15) is 37.7 Å². The molecule has 1 aliphatic carbocycles. The van der Waals surface area contributed by atoms with Gasteiger partial charge in [0.1, 0.15) is 5.75 Å². The molecule has 2 aliphatic rings. The van der Waals surface area contributed by atoms with E-state index in [2.05, 4.69) is 36.5 Å². The molecular weight excluding hydrogens is 210 g/mol. The maximum atomic E-state index is 5.69. The Morgan fingerprint density at radius 1 is 1.29 bits per heavy atom. The first-order chi connectivity index (χ1) is 8.34. The third kappa shape index (κ3) is 2.47. The van der Waals surface area contributed by atoms with Crippen LogP contribution in [0.2, 0.25) is 0 Å². The summed E-state index contributed by atoms with van der Waals surface area (Å²) >= 11 is 0. The number of hydrogen-bond acceptors (Lipinski definition) is 2. The van der Waals surface area contributed by atoms with Crippen LogP contribution in [0.4, 0.5) is 0 Å². The van der Waals surface area contributed by atoms with E-state index in [0.29, 0.717) is 12.0 Å². The average molecular weight is 231 g/mol. The Hall–Kier alpha value is -1.02. The van der Waals surface area contributed by atoms with Crippen LogP contribution in [0, 0.1) is 5.92 Å². The molecule has 1 aromatic carbocycles. The zero-order valence-corrected chi connectivity index (χ0v) is 10.5. The molecule has 92 valence electrons. The van der Waals surface area contributed by atoms with E-state index < -0.39 is 0 Å². The number of ether oxygens (including phenoxy) is 1. The van der Waals surface area contributed by atoms with E-state index in [1.165, 1.54) is 18.4 Å². The molecule has 1 N–H and O–H groups in total. The highest BCUT2D eigenvalue weighted by atomic mass is 16.5. The maximum Gasteiger partial charge on any atom is 0.122 e. The second-order valence-corrected chi connectivity index (χ2v) is 5.41. The van der Waals surface area contributed by atoms with Crippen molar-refractivity contribution in [3.63, 3.8) is 0 Å². The Balaban J connectivity index is 1.63. The molecule has 2 nitrogen and oxygen atoms in total. The molecule has 3 rings (SSSR count). The van der Waals surface area contributed by atoms with Crippen LogP contribution in [-0.2, 0) is 0 Å². The molecule has 2 atom stereocenters. The number of benzene rings is 1. The molecular formula is C15H21NO. The zero-order valence-electron chi connectivity index (χ0n) is 10.5. The molecule has 0 spiro atoms. The van der Waals surface area contributed by atoms with Crippen molar-refractivity contribution in [2.75, 3.05) is 13.2 Å². The van der Waals surface area contributed by atoms with Gasteiger partial charge in [-0.15, -0.1) is 0 Å². The van der Waals surface area contributed by atoms with Gasteiger partial charge in [-0.05, 0) is 43.7 Å². The minimum Gasteiger partial charge on any atom is -0.493 e. The molecule has 2 unspecified atom stereocenters. The number of para-hydroxylation sites is 1. The smallest absolute Gasteiger partial charge is 0.122 e. The van der Waals surface area contributed by atoms with Gasteiger partial charge in [-0.3, -0.25) is 0 Å². The van der Waals surface area contributed by atoms with E-state index in [4.69, 9.17) is 4.74 Å². The van der Waals surface area contributed by atoms with Crippen molar-refractivity contribution in [1.82, 2.24) is 5.32 Å². The molecule has 1 saturated carbocycles. The lowest BCUT2D eigenvalue weighted by atomic mass is 9.93. The second-order valence-electron chi connectivity index (χ2n) is 5.41. The lowest BCUT2D eigenvalue weighted by molar-refractivity contribution is 0.262. The number of rotatable bonds is 4. The van der Waals surface area contributed by atoms with Crippen molar-refractivity contribution in [3.05, 3.63) is 29.8 Å². The minimum absolute atomic E-state index is 0.626. The second kappa shape index (κ2) is 4.69. The van der Waals surface area contributed by atoms with Gasteiger partial charge in [-0.1, -0.05) is 18.2 Å². The summed E-state index contributed by atoms with van der Waals surface area (Å²) in [4.78, 5) is 0. The first-order valence-electron chi connectivity index (χ1n) is 6.79. The molecule has 1 heterocycles. The van der Waals surface area contributed by atoms with E-state index in [9.17, 15) is 0 Å². The molecule has 0 bridgehead atoms. The maximum absolute atomic E-state index is 5.69. The van der Waals surface area contributed by atoms with Crippen molar-refractivity contribution >= 4 is 0 Å². The molecule has 2 heteroatoms. The first-order valence-corrected chi connectivity index (χ1v) is 6.79. The lowest BCUT2D eigenvalue weighted by Gasteiger charge is -2.27. The summed E-state index contributed by atoms with van der Waals surface area (Å²) in [5, 5.41) is 3.70. The van der Waals surface area contributed by atoms with Crippen LogP contribution >= 0.6 is 0 Å². The van der Waals surface area contributed by atoms with Gasteiger partial charge >= 0.3 is 0 Å². The van der Waals surface area contributed by atoms with Crippen molar-refractivity contribution in [2.45, 2.75) is 38.1 Å². The summed E-state index contributed by atoms with van der Waals surface area (Å²) in [7, 11) is 0. The van der Waals surface area contributed by atoms with E-state index >= 15 is 0 Å². The quantitative estimate of drug-likeness (QED) is 0.860. The number of nitrogens with one attached hydrogen (secondary N) is 1. The van der Waals surface area contributed by atoms with Gasteiger partial charge in [-0.25, -0.2) is 0 Å². The lowest BCUT2D eigenvalue weighted by Crippen LogP contribution is -2.33. The standard InChI is InChI=1S/C15H21NO/c1-11(12-6-7-12)16-10-13-8-9-17-15-5-3-2-4-14(13)15/h2-5,11-13,16H,6-10H2,1H3. The Bertz CT molecular complexity index is 386. The van der Waals surface area contributed by atoms with Gasteiger partial charge in [-0.2, -0.15) is 0 Å². The summed E-state index contributed by atoms with van der Waals surface area (Å²) in [6, 6.07) is 9.16. The summed E-state index contributed by atoms with van der Waals surface area (Å²) in [5.41, 5.74) is 1.38. The van der Waals surface area contributed by atoms with E-state index in [-0.39, 0.29) is 0 Å². The molecule has 1 aliphatic heterocycles. The third-order valence-electron chi connectivity index (χ3n) is 4.10. The molecule has 0 aromatic heterocycles. The van der Waals surface area contributed by atoms with Gasteiger partial charge in [0, 0.05) is 18.5 Å². The fourth-order valence-electron chi connectivity index (χ4n) is 2.72. The van der Waals surface area contributed by atoms with Gasteiger partial charge in [0.05, 0.1) is 6.61 Å². The van der Waals surface area contributed by atoms with Crippen LogP contribution in [0.3, 0.4) is 0 Å². The average Bonchev–Trinajstić information content (AvgIpc) is 3.20. The predicted octanol–water partition coefficient (Wildman–Crippen LogP) is 2.94. The van der Waals surface area contributed by atoms with E-state index in [1.807, 2.05) is 0 Å². The van der Waals surface area contributed by atoms with Crippen LogP contribution in [0.15, 0.2) is 24.3 Å². The Morgan fingerprint density at radius 3 is 2.94 bits per heavy atom. The van der Waals surface area contributed by atoms with Crippen LogP contribution in [0.25, 0.3) is 0 Å². The Labute approximate surface area is 103 Å². The van der Waals surface area contributed by atoms with Gasteiger partial charge < -0.3 is 10.1 Å². The monoisotopic (exact) mass is 231 g/mol. The Morgan fingerprint density at radius 2 is 2.12 bits per heavy atom. The fraction of sp³-hybridized carbons (Fsp3) is 0.600. The van der Waals surface area contributed by atoms with Crippen molar-refractivity contribution < 1.29 is 4.74 Å². The first kappa shape index (κ1) is 11.1. The summed E-state index contributed by atoms with van der Waals surface area (Å²) in [5.74, 6) is 2.65. The van der Waals surface area contributed by atoms with Gasteiger partial charge in [0.2, 0.25) is 0 Å². The SMILES string of the molecule is CC(NCC1CCOc2ccccc21)C1CC1. The topological polar surface area (TPSA) is 21.3 Å². The predicted molar refractivity (Wildman–Crippen MR) is 69.5 cm³/mol. The van der Waals surface area contributed by atoms with Crippen molar-refractivity contribution in [3.8, 4) is 5.75 Å². The van der Waals surface area contributed by atoms with Crippen LogP contribution in [-0.4, -0.2) is 19.2 Å². The Kier molecular flexibility index (Phi) is 3.06. The minimum atomic E-state index is 0.626. The summed E-state index contributed by atoms with van der Waals surface area (Å²) in [6.45, 7) is 4.28. The highest BCUT2D eigenvalue weighted by molar-refractivity contribution is 5.37. The molecule has 0 radical (unpaired) electrons. The van der Waals surface area contributed by atoms with Crippen LogP contribution < -0.4 is 10.1 Å². The molecule has 0 amide bonds. The number of hydrogen-bond donors (Lipinski definition) is 1. The van der Waals surface area contributed by atoms with Gasteiger partial charge in [0.15, 0.2) is 0 Å². The van der Waals surface area contributed by atoms with Crippen molar-refractivity contribution in [1.29, 1.82) is 0 Å². The van der Waals surface area contributed by atoms with E-state index in [0.717, 1.165) is 31.2 Å². The van der Waals surface area contributed by atoms with Gasteiger partial charge in [0.25, 0.3) is 0 Å². The summed E-state index contributed by atoms with van der Waals surface area (Å²) in [6.07, 6.45) is 3.97. The molecule has 1 aromatic rings. The highest BCUT2D eigenvalue weighted by Crippen LogP contribution is 2.35. The summed E-state index contributed by atoms with van der Waals surface area (Å²) < 4.78 is 5.69. The van der Waals surface area contributed by atoms with E-state index in [1.54, 1.807) is 0 Å². The largest absolute Gasteiger partial charge is 0.493 e.